The fraction of sp³-hybridized carbons (Fsp3) is 0.222. The number of halogens is 1. The Labute approximate surface area is 127 Å². The molecule has 2 heteroatoms. The van der Waals surface area contributed by atoms with Crippen molar-refractivity contribution >= 4 is 19.9 Å². The van der Waals surface area contributed by atoms with Gasteiger partial charge < -0.3 is 0 Å². The van der Waals surface area contributed by atoms with Gasteiger partial charge in [0.05, 0.1) is 0 Å². The Kier molecular flexibility index (Phi) is 4.18. The summed E-state index contributed by atoms with van der Waals surface area (Å²) >= 11 is 0. The first-order valence-electron chi connectivity index (χ1n) is 7.09. The lowest BCUT2D eigenvalue weighted by atomic mass is 10.2. The Balaban J connectivity index is 2.07. The van der Waals surface area contributed by atoms with Crippen LogP contribution in [-0.2, 0) is 0 Å². The van der Waals surface area contributed by atoms with Gasteiger partial charge in [-0.15, -0.1) is 9.24 Å². The zero-order valence-electron chi connectivity index (χ0n) is 11.4. The highest BCUT2D eigenvalue weighted by Crippen LogP contribution is 2.71. The molecule has 0 aromatic heterocycles. The highest BCUT2D eigenvalue weighted by molar-refractivity contribution is 8.54. The van der Waals surface area contributed by atoms with E-state index in [1.807, 2.05) is 0 Å². The van der Waals surface area contributed by atoms with Gasteiger partial charge in [-0.05, 0) is 31.4 Å². The monoisotopic (exact) mass is 302 g/mol. The summed E-state index contributed by atoms with van der Waals surface area (Å²) in [6.45, 7) is 0. The van der Waals surface area contributed by atoms with Crippen LogP contribution in [0.25, 0.3) is 0 Å². The summed E-state index contributed by atoms with van der Waals surface area (Å²) in [5.74, 6) is 0. The Morgan fingerprint density at radius 3 is 2.50 bits per heavy atom. The van der Waals surface area contributed by atoms with Crippen molar-refractivity contribution in [3.63, 3.8) is 0 Å². The lowest BCUT2D eigenvalue weighted by Gasteiger charge is -2.41. The summed E-state index contributed by atoms with van der Waals surface area (Å²) in [5, 5.41) is 0.380. The van der Waals surface area contributed by atoms with E-state index in [1.165, 1.54) is 9.80 Å². The topological polar surface area (TPSA) is 0 Å². The maximum Gasteiger partial charge on any atom is 0.0313 e. The largest absolute Gasteiger partial charge is 0.102 e. The van der Waals surface area contributed by atoms with Crippen molar-refractivity contribution in [1.82, 2.24) is 0 Å². The smallest absolute Gasteiger partial charge is 0.0313 e. The molecule has 2 atom stereocenters. The molecule has 3 rings (SSSR count). The zero-order valence-corrected chi connectivity index (χ0v) is 13.0. The molecular weight excluding hydrogens is 284 g/mol. The predicted molar refractivity (Wildman–Crippen MR) is 91.3 cm³/mol. The molecule has 2 aliphatic carbocycles. The fourth-order valence-corrected chi connectivity index (χ4v) is 6.62. The second kappa shape index (κ2) is 6.07. The number of hydrogen-bond donors (Lipinski definition) is 0. The molecule has 20 heavy (non-hydrogen) atoms. The summed E-state index contributed by atoms with van der Waals surface area (Å²) in [5.41, 5.74) is 0. The van der Waals surface area contributed by atoms with E-state index in [2.05, 4.69) is 72.9 Å². The summed E-state index contributed by atoms with van der Waals surface area (Å²) in [6, 6.07) is 10.6. The van der Waals surface area contributed by atoms with Crippen LogP contribution in [-0.4, -0.2) is 5.25 Å². The molecule has 0 radical (unpaired) electrons. The Morgan fingerprint density at radius 2 is 1.85 bits per heavy atom. The van der Waals surface area contributed by atoms with Gasteiger partial charge >= 0.3 is 0 Å². The second-order valence-electron chi connectivity index (χ2n) is 5.07. The normalized spacial score (nSPS) is 25.9. The van der Waals surface area contributed by atoms with Gasteiger partial charge in [0.25, 0.3) is 0 Å². The van der Waals surface area contributed by atoms with Gasteiger partial charge in [-0.25, -0.2) is 0 Å². The van der Waals surface area contributed by atoms with Crippen molar-refractivity contribution in [3.05, 3.63) is 77.8 Å². The summed E-state index contributed by atoms with van der Waals surface area (Å²) < 4.78 is 0. The van der Waals surface area contributed by atoms with Crippen LogP contribution in [0.4, 0.5) is 0 Å². The lowest BCUT2D eigenvalue weighted by Crippen LogP contribution is -2.15. The van der Waals surface area contributed by atoms with Gasteiger partial charge in [0.2, 0.25) is 0 Å². The molecule has 0 nitrogen and oxygen atoms in total. The zero-order chi connectivity index (χ0) is 13.8. The van der Waals surface area contributed by atoms with Crippen LogP contribution < -0.4 is 0 Å². The highest BCUT2D eigenvalue weighted by atomic mass is 35.7. The first-order valence-corrected chi connectivity index (χ1v) is 9.61. The molecule has 1 aromatic rings. The van der Waals surface area contributed by atoms with Gasteiger partial charge in [0.1, 0.15) is 0 Å². The van der Waals surface area contributed by atoms with Gasteiger partial charge in [0, 0.05) is 15.1 Å². The first-order chi connectivity index (χ1) is 9.82. The van der Waals surface area contributed by atoms with Gasteiger partial charge in [-0.3, -0.25) is 0 Å². The molecule has 2 unspecified atom stereocenters. The van der Waals surface area contributed by atoms with Crippen LogP contribution in [0.15, 0.2) is 82.7 Å². The molecule has 0 heterocycles. The molecule has 0 bridgehead atoms. The maximum atomic E-state index is 7.30. The van der Waals surface area contributed by atoms with Crippen LogP contribution in [0.1, 0.15) is 19.3 Å². The Hall–Kier alpha value is -1.18. The van der Waals surface area contributed by atoms with Crippen LogP contribution in [0.2, 0.25) is 0 Å². The molecule has 0 saturated heterocycles. The average molecular weight is 303 g/mol. The minimum absolute atomic E-state index is 0.380. The average Bonchev–Trinajstić information content (AvgIpc) is 2.56. The molecule has 0 spiro atoms. The number of rotatable bonds is 3. The van der Waals surface area contributed by atoms with Gasteiger partial charge in [-0.1, -0.05) is 71.4 Å². The minimum Gasteiger partial charge on any atom is -0.102 e. The summed E-state index contributed by atoms with van der Waals surface area (Å²) in [4.78, 5) is 2.59. The fourth-order valence-electron chi connectivity index (χ4n) is 2.71. The second-order valence-corrected chi connectivity index (χ2v) is 9.24. The number of benzene rings is 1. The van der Waals surface area contributed by atoms with E-state index in [9.17, 15) is 0 Å². The van der Waals surface area contributed by atoms with Crippen LogP contribution >= 0.6 is 19.9 Å². The van der Waals surface area contributed by atoms with Crippen molar-refractivity contribution in [2.75, 3.05) is 0 Å². The lowest BCUT2D eigenvalue weighted by molar-refractivity contribution is 1.02. The standard InChI is InChI=1S/C18H19ClS/c19-20(16-10-4-1-5-11-16,17-12-6-2-7-13-17)18-14-8-3-9-15-18/h1-2,4-8,10-12,14-15,17H,3,9,13H2. The van der Waals surface area contributed by atoms with E-state index in [1.54, 1.807) is 0 Å². The third-order valence-corrected chi connectivity index (χ3v) is 8.64. The Morgan fingerprint density at radius 1 is 1.00 bits per heavy atom. The van der Waals surface area contributed by atoms with E-state index in [0.717, 1.165) is 19.3 Å². The van der Waals surface area contributed by atoms with Crippen molar-refractivity contribution in [1.29, 1.82) is 0 Å². The number of hydrogen-bond acceptors (Lipinski definition) is 0. The first kappa shape index (κ1) is 13.8. The molecule has 2 aliphatic rings. The molecule has 0 N–H and O–H groups in total. The van der Waals surface area contributed by atoms with Gasteiger partial charge in [0.15, 0.2) is 0 Å². The van der Waals surface area contributed by atoms with Crippen LogP contribution in [0.3, 0.4) is 0 Å². The van der Waals surface area contributed by atoms with E-state index < -0.39 is 9.24 Å². The molecule has 0 aliphatic heterocycles. The van der Waals surface area contributed by atoms with E-state index >= 15 is 0 Å². The van der Waals surface area contributed by atoms with Crippen molar-refractivity contribution < 1.29 is 0 Å². The predicted octanol–water partition coefficient (Wildman–Crippen LogP) is 6.12. The molecule has 0 amide bonds. The highest BCUT2D eigenvalue weighted by Gasteiger charge is 2.34. The number of allylic oxidation sites excluding steroid dienone is 6. The minimum atomic E-state index is -1.51. The van der Waals surface area contributed by atoms with E-state index in [4.69, 9.17) is 10.7 Å². The third kappa shape index (κ3) is 2.53. The van der Waals surface area contributed by atoms with Crippen molar-refractivity contribution in [3.8, 4) is 0 Å². The molecular formula is C18H19ClS. The van der Waals surface area contributed by atoms with Crippen LogP contribution in [0, 0.1) is 0 Å². The molecule has 1 aromatic carbocycles. The third-order valence-electron chi connectivity index (χ3n) is 3.75. The van der Waals surface area contributed by atoms with E-state index in [-0.39, 0.29) is 0 Å². The maximum absolute atomic E-state index is 7.30. The van der Waals surface area contributed by atoms with E-state index in [0.29, 0.717) is 5.25 Å². The summed E-state index contributed by atoms with van der Waals surface area (Å²) in [6.07, 6.45) is 18.8. The molecule has 104 valence electrons. The molecule has 0 saturated carbocycles. The van der Waals surface area contributed by atoms with Crippen LogP contribution in [0.5, 0.6) is 0 Å². The van der Waals surface area contributed by atoms with Gasteiger partial charge in [-0.2, -0.15) is 0 Å². The van der Waals surface area contributed by atoms with Crippen molar-refractivity contribution in [2.24, 2.45) is 0 Å². The quantitative estimate of drug-likeness (QED) is 0.630. The SMILES string of the molecule is ClS(C1=CCCC=C1)(c1ccccc1)C1C=CC=CC1. The summed E-state index contributed by atoms with van der Waals surface area (Å²) in [7, 11) is 5.79. The molecule has 0 fully saturated rings. The Bertz CT molecular complexity index is 583. The van der Waals surface area contributed by atoms with Crippen molar-refractivity contribution in [2.45, 2.75) is 29.4 Å².